The van der Waals surface area contributed by atoms with Crippen LogP contribution in [-0.2, 0) is 9.59 Å². The van der Waals surface area contributed by atoms with E-state index in [1.54, 1.807) is 6.08 Å². The third-order valence-corrected chi connectivity index (χ3v) is 3.92. The first kappa shape index (κ1) is 10.3. The van der Waals surface area contributed by atoms with Gasteiger partial charge in [0.2, 0.25) is 0 Å². The molecule has 0 amide bonds. The van der Waals surface area contributed by atoms with Gasteiger partial charge in [-0.1, -0.05) is 18.6 Å². The van der Waals surface area contributed by atoms with E-state index < -0.39 is 0 Å². The summed E-state index contributed by atoms with van der Waals surface area (Å²) >= 11 is 0. The van der Waals surface area contributed by atoms with Gasteiger partial charge >= 0.3 is 0 Å². The van der Waals surface area contributed by atoms with Crippen molar-refractivity contribution >= 4 is 12.1 Å². The zero-order valence-corrected chi connectivity index (χ0v) is 9.03. The summed E-state index contributed by atoms with van der Waals surface area (Å²) in [7, 11) is 0. The Kier molecular flexibility index (Phi) is 2.59. The van der Waals surface area contributed by atoms with Gasteiger partial charge in [-0.2, -0.15) is 0 Å². The molecule has 15 heavy (non-hydrogen) atoms. The zero-order chi connectivity index (χ0) is 10.9. The Morgan fingerprint density at radius 1 is 1.47 bits per heavy atom. The zero-order valence-electron chi connectivity index (χ0n) is 9.03. The standard InChI is InChI=1S/C13H16O2/c1-13-7-6-12(15)9-11(13)5-4-10(13)3-2-8-14/h2-3,8-10H,4-7H2,1H3/b3-2+. The Hall–Kier alpha value is -1.18. The molecule has 2 aliphatic carbocycles. The summed E-state index contributed by atoms with van der Waals surface area (Å²) in [4.78, 5) is 21.6. The summed E-state index contributed by atoms with van der Waals surface area (Å²) in [6.07, 6.45) is 9.93. The molecule has 0 aliphatic heterocycles. The van der Waals surface area contributed by atoms with Crippen molar-refractivity contribution in [1.29, 1.82) is 0 Å². The molecule has 2 unspecified atom stereocenters. The Morgan fingerprint density at radius 2 is 2.27 bits per heavy atom. The van der Waals surface area contributed by atoms with Crippen LogP contribution in [-0.4, -0.2) is 12.1 Å². The molecule has 0 bridgehead atoms. The molecule has 2 aliphatic rings. The lowest BCUT2D eigenvalue weighted by Gasteiger charge is -2.33. The van der Waals surface area contributed by atoms with E-state index in [-0.39, 0.29) is 11.2 Å². The highest BCUT2D eigenvalue weighted by Crippen LogP contribution is 2.52. The van der Waals surface area contributed by atoms with Crippen LogP contribution >= 0.6 is 0 Å². The lowest BCUT2D eigenvalue weighted by atomic mass is 9.70. The van der Waals surface area contributed by atoms with Crippen molar-refractivity contribution < 1.29 is 9.59 Å². The number of carbonyl (C=O) groups excluding carboxylic acids is 2. The van der Waals surface area contributed by atoms with Crippen LogP contribution in [0.1, 0.15) is 32.6 Å². The number of aldehydes is 1. The van der Waals surface area contributed by atoms with Gasteiger partial charge < -0.3 is 0 Å². The minimum Gasteiger partial charge on any atom is -0.299 e. The van der Waals surface area contributed by atoms with Gasteiger partial charge in [0.1, 0.15) is 6.29 Å². The molecule has 2 rings (SSSR count). The number of carbonyl (C=O) groups is 2. The molecule has 80 valence electrons. The Balaban J connectivity index is 2.27. The van der Waals surface area contributed by atoms with Crippen LogP contribution in [0.5, 0.6) is 0 Å². The van der Waals surface area contributed by atoms with E-state index in [9.17, 15) is 9.59 Å². The molecule has 2 atom stereocenters. The fourth-order valence-electron chi connectivity index (χ4n) is 2.87. The van der Waals surface area contributed by atoms with E-state index in [4.69, 9.17) is 0 Å². The maximum atomic E-state index is 11.3. The molecule has 0 N–H and O–H groups in total. The van der Waals surface area contributed by atoms with Gasteiger partial charge in [0, 0.05) is 6.42 Å². The van der Waals surface area contributed by atoms with Gasteiger partial charge in [-0.05, 0) is 42.7 Å². The van der Waals surface area contributed by atoms with Gasteiger partial charge in [0.05, 0.1) is 0 Å². The molecule has 1 fully saturated rings. The summed E-state index contributed by atoms with van der Waals surface area (Å²) in [5.74, 6) is 0.699. The average Bonchev–Trinajstić information content (AvgIpc) is 2.53. The molecule has 0 radical (unpaired) electrons. The summed E-state index contributed by atoms with van der Waals surface area (Å²) in [5.41, 5.74) is 1.42. The Morgan fingerprint density at radius 3 is 3.00 bits per heavy atom. The molecule has 0 heterocycles. The van der Waals surface area contributed by atoms with Crippen LogP contribution in [0.4, 0.5) is 0 Å². The molecule has 0 aromatic carbocycles. The minimum atomic E-state index is 0.132. The van der Waals surface area contributed by atoms with Gasteiger partial charge in [0.25, 0.3) is 0 Å². The third-order valence-electron chi connectivity index (χ3n) is 3.92. The highest BCUT2D eigenvalue weighted by molar-refractivity contribution is 5.91. The molecule has 1 saturated carbocycles. The second-order valence-corrected chi connectivity index (χ2v) is 4.72. The first-order valence-electron chi connectivity index (χ1n) is 5.52. The number of ketones is 1. The molecular formula is C13H16O2. The summed E-state index contributed by atoms with van der Waals surface area (Å²) in [6.45, 7) is 2.22. The van der Waals surface area contributed by atoms with E-state index in [1.807, 2.05) is 12.2 Å². The Labute approximate surface area is 90.1 Å². The fraction of sp³-hybridized carbons (Fsp3) is 0.538. The van der Waals surface area contributed by atoms with Crippen LogP contribution < -0.4 is 0 Å². The van der Waals surface area contributed by atoms with Crippen molar-refractivity contribution in [2.24, 2.45) is 11.3 Å². The van der Waals surface area contributed by atoms with Crippen molar-refractivity contribution in [3.63, 3.8) is 0 Å². The first-order valence-corrected chi connectivity index (χ1v) is 5.52. The largest absolute Gasteiger partial charge is 0.299 e. The summed E-state index contributed by atoms with van der Waals surface area (Å²) < 4.78 is 0. The normalized spacial score (nSPS) is 35.4. The highest BCUT2D eigenvalue weighted by atomic mass is 16.1. The van der Waals surface area contributed by atoms with E-state index >= 15 is 0 Å². The molecule has 2 heteroatoms. The molecular weight excluding hydrogens is 188 g/mol. The minimum absolute atomic E-state index is 0.132. The second kappa shape index (κ2) is 3.76. The predicted molar refractivity (Wildman–Crippen MR) is 58.4 cm³/mol. The second-order valence-electron chi connectivity index (χ2n) is 4.72. The number of hydrogen-bond acceptors (Lipinski definition) is 2. The van der Waals surface area contributed by atoms with E-state index in [0.29, 0.717) is 12.3 Å². The average molecular weight is 204 g/mol. The first-order chi connectivity index (χ1) is 7.16. The van der Waals surface area contributed by atoms with Gasteiger partial charge in [0.15, 0.2) is 5.78 Å². The Bertz CT molecular complexity index is 352. The molecule has 0 aromatic heterocycles. The van der Waals surface area contributed by atoms with Crippen molar-refractivity contribution in [2.45, 2.75) is 32.6 Å². The van der Waals surface area contributed by atoms with Crippen LogP contribution in [0.15, 0.2) is 23.8 Å². The monoisotopic (exact) mass is 204 g/mol. The lowest BCUT2D eigenvalue weighted by molar-refractivity contribution is -0.115. The fourth-order valence-corrected chi connectivity index (χ4v) is 2.87. The third kappa shape index (κ3) is 1.69. The van der Waals surface area contributed by atoms with Crippen LogP contribution in [0, 0.1) is 11.3 Å². The highest BCUT2D eigenvalue weighted by Gasteiger charge is 2.43. The van der Waals surface area contributed by atoms with Crippen molar-refractivity contribution in [2.75, 3.05) is 0 Å². The van der Waals surface area contributed by atoms with Gasteiger partial charge in [-0.3, -0.25) is 9.59 Å². The molecule has 0 spiro atoms. The molecule has 2 nitrogen and oxygen atoms in total. The van der Waals surface area contributed by atoms with E-state index in [1.165, 1.54) is 5.57 Å². The lowest BCUT2D eigenvalue weighted by Crippen LogP contribution is -2.26. The van der Waals surface area contributed by atoms with Crippen molar-refractivity contribution in [1.82, 2.24) is 0 Å². The van der Waals surface area contributed by atoms with Crippen LogP contribution in [0.3, 0.4) is 0 Å². The SMILES string of the molecule is CC12CCC(=O)C=C1CCC2/C=C/C=O. The number of fused-ring (bicyclic) bond motifs is 1. The van der Waals surface area contributed by atoms with E-state index in [0.717, 1.165) is 25.5 Å². The van der Waals surface area contributed by atoms with Gasteiger partial charge in [-0.15, -0.1) is 0 Å². The van der Waals surface area contributed by atoms with Crippen molar-refractivity contribution in [3.8, 4) is 0 Å². The smallest absolute Gasteiger partial charge is 0.155 e. The topological polar surface area (TPSA) is 34.1 Å². The number of allylic oxidation sites excluding steroid dienone is 4. The summed E-state index contributed by atoms with van der Waals surface area (Å²) in [5, 5.41) is 0. The molecule has 0 saturated heterocycles. The summed E-state index contributed by atoms with van der Waals surface area (Å²) in [6, 6.07) is 0. The number of hydrogen-bond donors (Lipinski definition) is 0. The maximum absolute atomic E-state index is 11.3. The van der Waals surface area contributed by atoms with E-state index in [2.05, 4.69) is 6.92 Å². The quantitative estimate of drug-likeness (QED) is 0.511. The van der Waals surface area contributed by atoms with Gasteiger partial charge in [-0.25, -0.2) is 0 Å². The maximum Gasteiger partial charge on any atom is 0.155 e. The van der Waals surface area contributed by atoms with Crippen molar-refractivity contribution in [3.05, 3.63) is 23.8 Å². The predicted octanol–water partition coefficient (Wildman–Crippen LogP) is 2.45. The van der Waals surface area contributed by atoms with Crippen LogP contribution in [0.2, 0.25) is 0 Å². The number of rotatable bonds is 2. The van der Waals surface area contributed by atoms with Crippen LogP contribution in [0.25, 0.3) is 0 Å². The molecule has 0 aromatic rings.